The lowest BCUT2D eigenvalue weighted by atomic mass is 10.2. The van der Waals surface area contributed by atoms with Gasteiger partial charge in [-0.15, -0.1) is 0 Å². The van der Waals surface area contributed by atoms with Crippen LogP contribution in [0.3, 0.4) is 0 Å². The van der Waals surface area contributed by atoms with Crippen molar-refractivity contribution >= 4 is 17.8 Å². The average Bonchev–Trinajstić information content (AvgIpc) is 2.69. The molecule has 0 unspecified atom stereocenters. The van der Waals surface area contributed by atoms with Gasteiger partial charge in [-0.2, -0.15) is 0 Å². The fraction of sp³-hybridized carbons (Fsp3) is 0.286. The van der Waals surface area contributed by atoms with Crippen molar-refractivity contribution in [2.45, 2.75) is 26.4 Å². The number of carbonyl (C=O) groups excluding carboxylic acids is 3. The molecule has 0 spiro atoms. The van der Waals surface area contributed by atoms with E-state index in [9.17, 15) is 18.8 Å². The van der Waals surface area contributed by atoms with E-state index in [1.165, 1.54) is 18.2 Å². The largest absolute Gasteiger partial charge is 0.454 e. The summed E-state index contributed by atoms with van der Waals surface area (Å²) in [6.07, 6.45) is 0. The van der Waals surface area contributed by atoms with E-state index in [1.54, 1.807) is 4.90 Å². The molecule has 1 N–H and O–H groups in total. The molecule has 0 fully saturated rings. The Kier molecular flexibility index (Phi) is 7.68. The molecular formula is C21H23FN2O4. The smallest absolute Gasteiger partial charge is 0.325 e. The van der Waals surface area contributed by atoms with Crippen LogP contribution < -0.4 is 5.32 Å². The van der Waals surface area contributed by atoms with Crippen molar-refractivity contribution in [3.05, 3.63) is 71.5 Å². The summed E-state index contributed by atoms with van der Waals surface area (Å²) in [6, 6.07) is 14.5. The first kappa shape index (κ1) is 21.1. The van der Waals surface area contributed by atoms with Crippen molar-refractivity contribution in [2.75, 3.05) is 13.2 Å². The zero-order chi connectivity index (χ0) is 20.5. The lowest BCUT2D eigenvalue weighted by Gasteiger charge is -2.26. The number of hydrogen-bond donors (Lipinski definition) is 1. The highest BCUT2D eigenvalue weighted by Crippen LogP contribution is 2.09. The molecule has 0 heterocycles. The Morgan fingerprint density at radius 3 is 2.43 bits per heavy atom. The predicted molar refractivity (Wildman–Crippen MR) is 102 cm³/mol. The van der Waals surface area contributed by atoms with Gasteiger partial charge >= 0.3 is 5.97 Å². The van der Waals surface area contributed by atoms with Crippen molar-refractivity contribution in [1.29, 1.82) is 0 Å². The third kappa shape index (κ3) is 6.50. The number of carbonyl (C=O) groups is 3. The summed E-state index contributed by atoms with van der Waals surface area (Å²) in [4.78, 5) is 37.7. The minimum Gasteiger partial charge on any atom is -0.454 e. The lowest BCUT2D eigenvalue weighted by molar-refractivity contribution is -0.152. The van der Waals surface area contributed by atoms with Gasteiger partial charge in [-0.25, -0.2) is 4.39 Å². The lowest BCUT2D eigenvalue weighted by Crippen LogP contribution is -2.40. The first-order chi connectivity index (χ1) is 13.4. The molecule has 0 saturated carbocycles. The van der Waals surface area contributed by atoms with Gasteiger partial charge in [-0.05, 0) is 37.6 Å². The minimum absolute atomic E-state index is 0.0703. The number of ether oxygens (including phenoxy) is 1. The zero-order valence-electron chi connectivity index (χ0n) is 15.9. The quantitative estimate of drug-likeness (QED) is 0.708. The van der Waals surface area contributed by atoms with Crippen molar-refractivity contribution in [3.63, 3.8) is 0 Å². The molecule has 0 atom stereocenters. The summed E-state index contributed by atoms with van der Waals surface area (Å²) in [5.74, 6) is -2.23. The first-order valence-electron chi connectivity index (χ1n) is 8.89. The monoisotopic (exact) mass is 386 g/mol. The fourth-order valence-electron chi connectivity index (χ4n) is 2.50. The summed E-state index contributed by atoms with van der Waals surface area (Å²) in [7, 11) is 0. The maximum Gasteiger partial charge on any atom is 0.325 e. The average molecular weight is 386 g/mol. The van der Waals surface area contributed by atoms with Gasteiger partial charge in [0.25, 0.3) is 11.8 Å². The second kappa shape index (κ2) is 10.2. The third-order valence-electron chi connectivity index (χ3n) is 3.98. The maximum absolute atomic E-state index is 13.1. The molecule has 2 rings (SSSR count). The molecule has 0 saturated heterocycles. The normalized spacial score (nSPS) is 10.4. The van der Waals surface area contributed by atoms with Crippen molar-refractivity contribution in [1.82, 2.24) is 10.2 Å². The summed E-state index contributed by atoms with van der Waals surface area (Å²) in [5, 5.41) is 2.34. The van der Waals surface area contributed by atoms with Crippen LogP contribution in [0.25, 0.3) is 0 Å². The van der Waals surface area contributed by atoms with Gasteiger partial charge in [0.2, 0.25) is 0 Å². The standard InChI is InChI=1S/C21H23FN2O4/c1-15(2)24(13-16-7-4-3-5-8-16)19(25)14-28-20(26)12-23-21(27)17-9-6-10-18(22)11-17/h3-11,15H,12-14H2,1-2H3,(H,23,27). The molecule has 7 heteroatoms. The third-order valence-corrected chi connectivity index (χ3v) is 3.98. The Balaban J connectivity index is 1.81. The van der Waals surface area contributed by atoms with E-state index in [2.05, 4.69) is 5.32 Å². The summed E-state index contributed by atoms with van der Waals surface area (Å²) < 4.78 is 18.1. The molecule has 6 nitrogen and oxygen atoms in total. The van der Waals surface area contributed by atoms with E-state index < -0.39 is 30.8 Å². The molecule has 2 aromatic carbocycles. The van der Waals surface area contributed by atoms with E-state index in [4.69, 9.17) is 4.74 Å². The number of hydrogen-bond acceptors (Lipinski definition) is 4. The maximum atomic E-state index is 13.1. The number of amides is 2. The first-order valence-corrected chi connectivity index (χ1v) is 8.89. The Labute approximate surface area is 163 Å². The highest BCUT2D eigenvalue weighted by molar-refractivity contribution is 5.96. The van der Waals surface area contributed by atoms with Gasteiger partial charge in [-0.3, -0.25) is 14.4 Å². The van der Waals surface area contributed by atoms with Gasteiger partial charge in [0, 0.05) is 18.2 Å². The molecule has 2 aromatic rings. The number of nitrogens with zero attached hydrogens (tertiary/aromatic N) is 1. The van der Waals surface area contributed by atoms with Crippen LogP contribution in [0.1, 0.15) is 29.8 Å². The van der Waals surface area contributed by atoms with Crippen LogP contribution >= 0.6 is 0 Å². The number of rotatable bonds is 8. The molecule has 0 bridgehead atoms. The van der Waals surface area contributed by atoms with E-state index in [-0.39, 0.29) is 17.5 Å². The van der Waals surface area contributed by atoms with E-state index in [0.29, 0.717) is 6.54 Å². The SMILES string of the molecule is CC(C)N(Cc1ccccc1)C(=O)COC(=O)CNC(=O)c1cccc(F)c1. The van der Waals surface area contributed by atoms with Crippen molar-refractivity contribution < 1.29 is 23.5 Å². The number of benzene rings is 2. The summed E-state index contributed by atoms with van der Waals surface area (Å²) in [6.45, 7) is 3.33. The van der Waals surface area contributed by atoms with Crippen LogP contribution in [0.5, 0.6) is 0 Å². The zero-order valence-corrected chi connectivity index (χ0v) is 15.9. The van der Waals surface area contributed by atoms with Gasteiger partial charge in [0.05, 0.1) is 0 Å². The highest BCUT2D eigenvalue weighted by Gasteiger charge is 2.19. The topological polar surface area (TPSA) is 75.7 Å². The Morgan fingerprint density at radius 2 is 1.79 bits per heavy atom. The van der Waals surface area contributed by atoms with E-state index in [1.807, 2.05) is 44.2 Å². The molecule has 0 radical (unpaired) electrons. The number of nitrogens with one attached hydrogen (secondary N) is 1. The van der Waals surface area contributed by atoms with Crippen LogP contribution in [0, 0.1) is 5.82 Å². The molecule has 28 heavy (non-hydrogen) atoms. The van der Waals surface area contributed by atoms with Crippen molar-refractivity contribution in [2.24, 2.45) is 0 Å². The van der Waals surface area contributed by atoms with Gasteiger partial charge in [-0.1, -0.05) is 36.4 Å². The fourth-order valence-corrected chi connectivity index (χ4v) is 2.50. The van der Waals surface area contributed by atoms with Gasteiger partial charge in [0.15, 0.2) is 6.61 Å². The molecular weight excluding hydrogens is 363 g/mol. The van der Waals surface area contributed by atoms with Crippen molar-refractivity contribution in [3.8, 4) is 0 Å². The molecule has 2 amide bonds. The van der Waals surface area contributed by atoms with E-state index >= 15 is 0 Å². The predicted octanol–water partition coefficient (Wildman–Crippen LogP) is 2.54. The molecule has 0 aliphatic carbocycles. The minimum atomic E-state index is -0.749. The second-order valence-electron chi connectivity index (χ2n) is 6.45. The molecule has 0 aromatic heterocycles. The Morgan fingerprint density at radius 1 is 1.07 bits per heavy atom. The summed E-state index contributed by atoms with van der Waals surface area (Å²) >= 11 is 0. The van der Waals surface area contributed by atoms with Crippen LogP contribution in [0.4, 0.5) is 4.39 Å². The summed E-state index contributed by atoms with van der Waals surface area (Å²) in [5.41, 5.74) is 1.07. The van der Waals surface area contributed by atoms with Gasteiger partial charge in [0.1, 0.15) is 12.4 Å². The Bertz CT molecular complexity index is 824. The Hall–Kier alpha value is -3.22. The second-order valence-corrected chi connectivity index (χ2v) is 6.45. The molecule has 0 aliphatic heterocycles. The number of halogens is 1. The van der Waals surface area contributed by atoms with Crippen LogP contribution in [-0.4, -0.2) is 41.9 Å². The number of esters is 1. The molecule has 148 valence electrons. The van der Waals surface area contributed by atoms with Crippen LogP contribution in [0.2, 0.25) is 0 Å². The molecule has 0 aliphatic rings. The van der Waals surface area contributed by atoms with Crippen LogP contribution in [-0.2, 0) is 20.9 Å². The van der Waals surface area contributed by atoms with E-state index in [0.717, 1.165) is 11.6 Å². The van der Waals surface area contributed by atoms with Gasteiger partial charge < -0.3 is 15.0 Å². The highest BCUT2D eigenvalue weighted by atomic mass is 19.1. The van der Waals surface area contributed by atoms with Crippen LogP contribution in [0.15, 0.2) is 54.6 Å².